The molecule has 0 radical (unpaired) electrons. The molecule has 0 aliphatic rings. The summed E-state index contributed by atoms with van der Waals surface area (Å²) in [6.07, 6.45) is -2.31. The van der Waals surface area contributed by atoms with Crippen LogP contribution in [-0.2, 0) is 18.9 Å². The Bertz CT molecular complexity index is 1780. The molecule has 2 aromatic carbocycles. The van der Waals surface area contributed by atoms with Gasteiger partial charge < -0.3 is 33.3 Å². The molecular weight excluding hydrogens is 763 g/mol. The number of carbonyl (C=O) groups is 4. The molecule has 4 amide bonds. The van der Waals surface area contributed by atoms with Gasteiger partial charge in [0, 0.05) is 31.3 Å². The standard InChI is InChI=1S/C42H63N7O10/c1-39(2,3)56-35(50)45-32(43)28-16-20-30(21-17-28)54-26-14-24-48(13)34(47-37(52)58-41(7,8)9)49(38(53)59-42(10,11)12)25-15-27-55-31-22-18-29(19-23-31)33(44)46-36(51)57-40(4,5)6/h16-23H,14-15,24-27H2,1-13H3,(H2,43,45,50)(H2,44,46,51). The van der Waals surface area contributed by atoms with Gasteiger partial charge in [0.2, 0.25) is 5.96 Å². The number of rotatable bonds is 12. The fourth-order valence-corrected chi connectivity index (χ4v) is 4.70. The number of hydrogen-bond donors (Lipinski definition) is 4. The third kappa shape index (κ3) is 20.4. The van der Waals surface area contributed by atoms with Crippen molar-refractivity contribution in [2.45, 2.75) is 118 Å². The van der Waals surface area contributed by atoms with Crippen LogP contribution >= 0.6 is 0 Å². The van der Waals surface area contributed by atoms with Gasteiger partial charge in [-0.3, -0.25) is 21.5 Å². The molecule has 0 aliphatic carbocycles. The van der Waals surface area contributed by atoms with E-state index in [9.17, 15) is 19.2 Å². The highest BCUT2D eigenvalue weighted by Crippen LogP contribution is 2.18. The molecule has 0 heterocycles. The number of amides is 4. The third-order valence-electron chi connectivity index (χ3n) is 7.02. The summed E-state index contributed by atoms with van der Waals surface area (Å²) in [6.45, 7) is 21.5. The van der Waals surface area contributed by atoms with Crippen LogP contribution in [0, 0.1) is 10.8 Å². The lowest BCUT2D eigenvalue weighted by Gasteiger charge is -2.32. The number of carbonyl (C=O) groups excluding carboxylic acids is 4. The molecule has 2 aromatic rings. The lowest BCUT2D eigenvalue weighted by Crippen LogP contribution is -2.49. The number of nitrogens with zero attached hydrogens (tertiary/aromatic N) is 3. The third-order valence-corrected chi connectivity index (χ3v) is 7.02. The Hall–Kier alpha value is -5.87. The number of guanidine groups is 1. The Morgan fingerprint density at radius 2 is 0.949 bits per heavy atom. The quantitative estimate of drug-likeness (QED) is 0.0695. The van der Waals surface area contributed by atoms with Crippen molar-refractivity contribution in [2.24, 2.45) is 4.99 Å². The van der Waals surface area contributed by atoms with Crippen LogP contribution in [0.4, 0.5) is 19.2 Å². The van der Waals surface area contributed by atoms with Crippen molar-refractivity contribution in [3.63, 3.8) is 0 Å². The molecule has 4 N–H and O–H groups in total. The van der Waals surface area contributed by atoms with Gasteiger partial charge in [-0.05, 0) is 144 Å². The van der Waals surface area contributed by atoms with Crippen LogP contribution in [0.1, 0.15) is 107 Å². The topological polar surface area (TPSA) is 214 Å². The van der Waals surface area contributed by atoms with Gasteiger partial charge in [0.15, 0.2) is 0 Å². The SMILES string of the molecule is CN(CCCOc1ccc(C(=N)NC(=O)OC(C)(C)C)cc1)C(=NC(=O)OC(C)(C)C)N(CCCOc1ccc(C(=N)NC(=O)OC(C)(C)C)cc1)C(=O)OC(C)(C)C. The van der Waals surface area contributed by atoms with Crippen LogP contribution in [0.2, 0.25) is 0 Å². The molecule has 0 aromatic heterocycles. The molecule has 0 fully saturated rings. The lowest BCUT2D eigenvalue weighted by atomic mass is 10.2. The molecule has 0 saturated heterocycles. The van der Waals surface area contributed by atoms with E-state index >= 15 is 0 Å². The summed E-state index contributed by atoms with van der Waals surface area (Å²) in [7, 11) is 1.69. The monoisotopic (exact) mass is 825 g/mol. The predicted octanol–water partition coefficient (Wildman–Crippen LogP) is 8.08. The first kappa shape index (κ1) is 49.3. The molecule has 17 nitrogen and oxygen atoms in total. The maximum absolute atomic E-state index is 13.7. The van der Waals surface area contributed by atoms with Gasteiger partial charge in [-0.15, -0.1) is 4.99 Å². The van der Waals surface area contributed by atoms with E-state index < -0.39 is 46.8 Å². The lowest BCUT2D eigenvalue weighted by molar-refractivity contribution is 0.0342. The number of aliphatic imine (C=N–C) groups is 1. The summed E-state index contributed by atoms with van der Waals surface area (Å²) in [5, 5.41) is 21.2. The summed E-state index contributed by atoms with van der Waals surface area (Å²) in [5.74, 6) is 0.785. The molecule has 0 spiro atoms. The number of alkyl carbamates (subject to hydrolysis) is 2. The van der Waals surface area contributed by atoms with Crippen LogP contribution in [-0.4, -0.2) is 108 Å². The average molecular weight is 826 g/mol. The van der Waals surface area contributed by atoms with Crippen LogP contribution in [0.15, 0.2) is 53.5 Å². The van der Waals surface area contributed by atoms with Gasteiger partial charge in [-0.25, -0.2) is 24.1 Å². The van der Waals surface area contributed by atoms with Crippen molar-refractivity contribution in [3.8, 4) is 11.5 Å². The van der Waals surface area contributed by atoms with Gasteiger partial charge >= 0.3 is 24.4 Å². The number of hydrogen-bond acceptors (Lipinski definition) is 12. The second-order valence-electron chi connectivity index (χ2n) is 17.4. The molecule has 0 saturated carbocycles. The predicted molar refractivity (Wildman–Crippen MR) is 225 cm³/mol. The van der Waals surface area contributed by atoms with E-state index in [0.717, 1.165) is 0 Å². The fourth-order valence-electron chi connectivity index (χ4n) is 4.70. The van der Waals surface area contributed by atoms with Gasteiger partial charge in [-0.1, -0.05) is 0 Å². The maximum Gasteiger partial charge on any atom is 0.437 e. The zero-order valence-corrected chi connectivity index (χ0v) is 36.8. The normalized spacial score (nSPS) is 12.1. The molecule has 0 atom stereocenters. The second kappa shape index (κ2) is 21.2. The molecule has 0 unspecified atom stereocenters. The van der Waals surface area contributed by atoms with E-state index in [4.69, 9.17) is 39.2 Å². The van der Waals surface area contributed by atoms with Crippen molar-refractivity contribution in [2.75, 3.05) is 33.4 Å². The van der Waals surface area contributed by atoms with Crippen LogP contribution < -0.4 is 20.1 Å². The highest BCUT2D eigenvalue weighted by molar-refractivity contribution is 6.05. The molecule has 59 heavy (non-hydrogen) atoms. The largest absolute Gasteiger partial charge is 0.494 e. The first-order valence-corrected chi connectivity index (χ1v) is 19.3. The minimum absolute atomic E-state index is 0.00852. The zero-order valence-electron chi connectivity index (χ0n) is 36.8. The first-order valence-electron chi connectivity index (χ1n) is 19.3. The number of amidine groups is 2. The van der Waals surface area contributed by atoms with E-state index in [1.54, 1.807) is 144 Å². The van der Waals surface area contributed by atoms with Crippen molar-refractivity contribution in [3.05, 3.63) is 59.7 Å². The molecule has 17 heteroatoms. The highest BCUT2D eigenvalue weighted by atomic mass is 16.6. The fraction of sp³-hybridized carbons (Fsp3) is 0.548. The zero-order chi connectivity index (χ0) is 44.8. The number of benzene rings is 2. The molecule has 0 aliphatic heterocycles. The summed E-state index contributed by atoms with van der Waals surface area (Å²) in [6, 6.07) is 13.2. The number of nitrogens with one attached hydrogen (secondary N) is 4. The van der Waals surface area contributed by atoms with Crippen LogP contribution in [0.25, 0.3) is 0 Å². The summed E-state index contributed by atoms with van der Waals surface area (Å²) in [5.41, 5.74) is -2.20. The van der Waals surface area contributed by atoms with E-state index in [1.807, 2.05) is 0 Å². The molecule has 326 valence electrons. The summed E-state index contributed by atoms with van der Waals surface area (Å²) in [4.78, 5) is 58.0. The second-order valence-corrected chi connectivity index (χ2v) is 17.4. The highest BCUT2D eigenvalue weighted by Gasteiger charge is 2.30. The van der Waals surface area contributed by atoms with Gasteiger partial charge in [0.1, 0.15) is 45.6 Å². The Labute approximate surface area is 348 Å². The number of ether oxygens (including phenoxy) is 6. The van der Waals surface area contributed by atoms with Crippen LogP contribution in [0.3, 0.4) is 0 Å². The summed E-state index contributed by atoms with van der Waals surface area (Å²) < 4.78 is 33.5. The smallest absolute Gasteiger partial charge is 0.437 e. The Morgan fingerprint density at radius 1 is 0.576 bits per heavy atom. The minimum atomic E-state index is -0.890. The van der Waals surface area contributed by atoms with Crippen molar-refractivity contribution in [1.82, 2.24) is 20.4 Å². The Kier molecular flexibility index (Phi) is 17.7. The van der Waals surface area contributed by atoms with E-state index in [1.165, 1.54) is 4.90 Å². The van der Waals surface area contributed by atoms with E-state index in [2.05, 4.69) is 15.6 Å². The van der Waals surface area contributed by atoms with Crippen molar-refractivity contribution >= 4 is 42.0 Å². The van der Waals surface area contributed by atoms with Gasteiger partial charge in [0.05, 0.1) is 13.2 Å². The van der Waals surface area contributed by atoms with E-state index in [-0.39, 0.29) is 37.4 Å². The average Bonchev–Trinajstić information content (AvgIpc) is 3.06. The van der Waals surface area contributed by atoms with Crippen molar-refractivity contribution in [1.29, 1.82) is 10.8 Å². The molecular formula is C42H63N7O10. The Morgan fingerprint density at radius 3 is 1.32 bits per heavy atom. The summed E-state index contributed by atoms with van der Waals surface area (Å²) >= 11 is 0. The van der Waals surface area contributed by atoms with Crippen LogP contribution in [0.5, 0.6) is 11.5 Å². The molecule has 2 rings (SSSR count). The molecule has 0 bridgehead atoms. The van der Waals surface area contributed by atoms with Crippen molar-refractivity contribution < 1.29 is 47.6 Å². The Balaban J connectivity index is 2.14. The minimum Gasteiger partial charge on any atom is -0.494 e. The maximum atomic E-state index is 13.7. The first-order chi connectivity index (χ1) is 27.1. The van der Waals surface area contributed by atoms with E-state index in [0.29, 0.717) is 42.0 Å². The van der Waals surface area contributed by atoms with Gasteiger partial charge in [-0.2, -0.15) is 0 Å². The van der Waals surface area contributed by atoms with Gasteiger partial charge in [0.25, 0.3) is 0 Å².